The van der Waals surface area contributed by atoms with E-state index in [0.29, 0.717) is 29.2 Å². The Labute approximate surface area is 145 Å². The number of H-pyrrole nitrogens is 1. The van der Waals surface area contributed by atoms with Crippen LogP contribution in [0.5, 0.6) is 11.6 Å². The highest BCUT2D eigenvalue weighted by Crippen LogP contribution is 2.28. The topological polar surface area (TPSA) is 79.9 Å². The molecule has 6 heteroatoms. The fourth-order valence-corrected chi connectivity index (χ4v) is 3.16. The van der Waals surface area contributed by atoms with Gasteiger partial charge < -0.3 is 15.0 Å². The quantitative estimate of drug-likeness (QED) is 0.748. The van der Waals surface area contributed by atoms with Crippen molar-refractivity contribution >= 4 is 17.1 Å². The zero-order valence-corrected chi connectivity index (χ0v) is 14.1. The Kier molecular flexibility index (Phi) is 4.09. The first-order valence-electron chi connectivity index (χ1n) is 8.66. The number of hydrogen-bond donors (Lipinski definition) is 2. The molecule has 0 aliphatic heterocycles. The number of carbonyl (C=O) groups excluding carboxylic acids is 1. The highest BCUT2D eigenvalue weighted by atomic mass is 16.5. The molecule has 2 heterocycles. The summed E-state index contributed by atoms with van der Waals surface area (Å²) in [6.45, 7) is 2.64. The van der Waals surface area contributed by atoms with Gasteiger partial charge in [0.2, 0.25) is 5.88 Å². The first-order valence-corrected chi connectivity index (χ1v) is 8.66. The summed E-state index contributed by atoms with van der Waals surface area (Å²) in [4.78, 5) is 24.0. The lowest BCUT2D eigenvalue weighted by molar-refractivity contribution is 0.0955. The molecule has 0 atom stereocenters. The third-order valence-corrected chi connectivity index (χ3v) is 4.43. The number of ether oxygens (including phenoxy) is 1. The number of aromatic nitrogens is 3. The Hall–Kier alpha value is -2.89. The van der Waals surface area contributed by atoms with Crippen molar-refractivity contribution in [3.63, 3.8) is 0 Å². The largest absolute Gasteiger partial charge is 0.437 e. The van der Waals surface area contributed by atoms with Gasteiger partial charge in [-0.3, -0.25) is 4.79 Å². The predicted molar refractivity (Wildman–Crippen MR) is 95.1 cm³/mol. The van der Waals surface area contributed by atoms with Crippen LogP contribution in [0.25, 0.3) is 11.2 Å². The van der Waals surface area contributed by atoms with Crippen LogP contribution in [0, 0.1) is 0 Å². The molecule has 1 aliphatic carbocycles. The average molecular weight is 336 g/mol. The second kappa shape index (κ2) is 6.55. The van der Waals surface area contributed by atoms with Crippen LogP contribution >= 0.6 is 0 Å². The van der Waals surface area contributed by atoms with E-state index in [4.69, 9.17) is 4.74 Å². The van der Waals surface area contributed by atoms with Crippen molar-refractivity contribution < 1.29 is 9.53 Å². The van der Waals surface area contributed by atoms with Crippen molar-refractivity contribution in [2.45, 2.75) is 32.6 Å². The maximum Gasteiger partial charge on any atom is 0.255 e. The standard InChI is InChI=1S/C19H20N4O2/c1-2-8-20-19(24)15-10-21-18-17(15)23-16(11-22-18)25-14-7-6-12-4-3-5-13(12)9-14/h6-7,9-11H,2-5,8H2,1H3,(H,20,24)(H,21,22). The van der Waals surface area contributed by atoms with Crippen molar-refractivity contribution in [2.24, 2.45) is 0 Å². The molecule has 2 N–H and O–H groups in total. The van der Waals surface area contributed by atoms with Gasteiger partial charge in [-0.15, -0.1) is 0 Å². The molecule has 0 unspecified atom stereocenters. The summed E-state index contributed by atoms with van der Waals surface area (Å²) in [6, 6.07) is 6.14. The molecule has 128 valence electrons. The van der Waals surface area contributed by atoms with Gasteiger partial charge in [-0.1, -0.05) is 13.0 Å². The minimum atomic E-state index is -0.155. The molecule has 0 saturated carbocycles. The van der Waals surface area contributed by atoms with E-state index in [0.717, 1.165) is 25.0 Å². The summed E-state index contributed by atoms with van der Waals surface area (Å²) in [7, 11) is 0. The molecule has 6 nitrogen and oxygen atoms in total. The van der Waals surface area contributed by atoms with Crippen LogP contribution in [0.1, 0.15) is 41.3 Å². The zero-order chi connectivity index (χ0) is 17.2. The van der Waals surface area contributed by atoms with Crippen LogP contribution in [0.3, 0.4) is 0 Å². The fourth-order valence-electron chi connectivity index (χ4n) is 3.16. The van der Waals surface area contributed by atoms with Crippen molar-refractivity contribution in [3.05, 3.63) is 47.3 Å². The lowest BCUT2D eigenvalue weighted by Gasteiger charge is -2.07. The smallest absolute Gasteiger partial charge is 0.255 e. The first-order chi connectivity index (χ1) is 12.2. The number of amides is 1. The predicted octanol–water partition coefficient (Wildman–Crippen LogP) is 3.38. The first kappa shape index (κ1) is 15.6. The molecular weight excluding hydrogens is 316 g/mol. The Bertz CT molecular complexity index is 932. The number of fused-ring (bicyclic) bond motifs is 2. The molecule has 1 amide bonds. The van der Waals surface area contributed by atoms with E-state index in [1.807, 2.05) is 13.0 Å². The van der Waals surface area contributed by atoms with Gasteiger partial charge in [-0.25, -0.2) is 9.97 Å². The molecule has 0 bridgehead atoms. The number of nitrogens with zero attached hydrogens (tertiary/aromatic N) is 2. The number of hydrogen-bond acceptors (Lipinski definition) is 4. The molecule has 4 rings (SSSR count). The minimum absolute atomic E-state index is 0.155. The molecule has 3 aromatic rings. The van der Waals surface area contributed by atoms with Crippen molar-refractivity contribution in [1.82, 2.24) is 20.3 Å². The lowest BCUT2D eigenvalue weighted by Crippen LogP contribution is -2.23. The zero-order valence-electron chi connectivity index (χ0n) is 14.1. The fraction of sp³-hybridized carbons (Fsp3) is 0.316. The van der Waals surface area contributed by atoms with Crippen molar-refractivity contribution in [3.8, 4) is 11.6 Å². The van der Waals surface area contributed by atoms with Gasteiger partial charge in [0.1, 0.15) is 11.3 Å². The van der Waals surface area contributed by atoms with E-state index in [-0.39, 0.29) is 5.91 Å². The van der Waals surface area contributed by atoms with E-state index in [2.05, 4.69) is 32.4 Å². The Morgan fingerprint density at radius 1 is 1.32 bits per heavy atom. The average Bonchev–Trinajstić information content (AvgIpc) is 3.25. The minimum Gasteiger partial charge on any atom is -0.437 e. The van der Waals surface area contributed by atoms with Crippen LogP contribution in [-0.2, 0) is 12.8 Å². The molecule has 0 fully saturated rings. The third-order valence-electron chi connectivity index (χ3n) is 4.43. The van der Waals surface area contributed by atoms with E-state index in [1.165, 1.54) is 17.5 Å². The Morgan fingerprint density at radius 2 is 2.20 bits per heavy atom. The van der Waals surface area contributed by atoms with Crippen LogP contribution in [0.15, 0.2) is 30.6 Å². The summed E-state index contributed by atoms with van der Waals surface area (Å²) in [5.41, 5.74) is 4.31. The van der Waals surface area contributed by atoms with Crippen LogP contribution in [0.4, 0.5) is 0 Å². The third kappa shape index (κ3) is 3.07. The normalized spacial score (nSPS) is 13.0. The number of benzene rings is 1. The SMILES string of the molecule is CCCNC(=O)c1c[nH]c2ncc(Oc3ccc4c(c3)CCC4)nc12. The lowest BCUT2D eigenvalue weighted by atomic mass is 10.1. The molecule has 0 radical (unpaired) electrons. The van der Waals surface area contributed by atoms with Crippen LogP contribution in [0.2, 0.25) is 0 Å². The van der Waals surface area contributed by atoms with Gasteiger partial charge in [0.15, 0.2) is 5.65 Å². The summed E-state index contributed by atoms with van der Waals surface area (Å²) in [5.74, 6) is 0.980. The number of rotatable bonds is 5. The molecular formula is C19H20N4O2. The number of aromatic amines is 1. The van der Waals surface area contributed by atoms with Gasteiger partial charge in [0.25, 0.3) is 5.91 Å². The summed E-state index contributed by atoms with van der Waals surface area (Å²) >= 11 is 0. The van der Waals surface area contributed by atoms with Crippen LogP contribution < -0.4 is 10.1 Å². The van der Waals surface area contributed by atoms with Gasteiger partial charge in [-0.05, 0) is 48.9 Å². The van der Waals surface area contributed by atoms with Gasteiger partial charge in [0, 0.05) is 12.7 Å². The number of nitrogens with one attached hydrogen (secondary N) is 2. The van der Waals surface area contributed by atoms with Crippen LogP contribution in [-0.4, -0.2) is 27.4 Å². The second-order valence-electron chi connectivity index (χ2n) is 6.25. The molecule has 25 heavy (non-hydrogen) atoms. The van der Waals surface area contributed by atoms with E-state index in [1.54, 1.807) is 12.4 Å². The summed E-state index contributed by atoms with van der Waals surface area (Å²) in [6.07, 6.45) is 7.52. The highest BCUT2D eigenvalue weighted by Gasteiger charge is 2.16. The number of aryl methyl sites for hydroxylation is 2. The number of carbonyl (C=O) groups is 1. The summed E-state index contributed by atoms with van der Waals surface area (Å²) < 4.78 is 5.88. The Balaban J connectivity index is 1.61. The maximum absolute atomic E-state index is 12.2. The van der Waals surface area contributed by atoms with E-state index >= 15 is 0 Å². The van der Waals surface area contributed by atoms with E-state index in [9.17, 15) is 4.79 Å². The summed E-state index contributed by atoms with van der Waals surface area (Å²) in [5, 5.41) is 2.86. The molecule has 0 saturated heterocycles. The monoisotopic (exact) mass is 336 g/mol. The molecule has 0 spiro atoms. The Morgan fingerprint density at radius 3 is 3.08 bits per heavy atom. The van der Waals surface area contributed by atoms with Gasteiger partial charge in [-0.2, -0.15) is 0 Å². The van der Waals surface area contributed by atoms with Gasteiger partial charge in [0.05, 0.1) is 11.8 Å². The molecule has 2 aromatic heterocycles. The van der Waals surface area contributed by atoms with Crippen molar-refractivity contribution in [1.29, 1.82) is 0 Å². The maximum atomic E-state index is 12.2. The van der Waals surface area contributed by atoms with E-state index < -0.39 is 0 Å². The van der Waals surface area contributed by atoms with Crippen molar-refractivity contribution in [2.75, 3.05) is 6.54 Å². The molecule has 1 aromatic carbocycles. The highest BCUT2D eigenvalue weighted by molar-refractivity contribution is 6.04. The van der Waals surface area contributed by atoms with Gasteiger partial charge >= 0.3 is 0 Å². The molecule has 1 aliphatic rings. The second-order valence-corrected chi connectivity index (χ2v) is 6.25.